The Hall–Kier alpha value is -2.79. The topological polar surface area (TPSA) is 61.8 Å². The summed E-state index contributed by atoms with van der Waals surface area (Å²) in [5, 5.41) is 0. The van der Waals surface area contributed by atoms with Gasteiger partial charge in [-0.05, 0) is 35.9 Å². The van der Waals surface area contributed by atoms with E-state index in [1.54, 1.807) is 60.7 Å². The van der Waals surface area contributed by atoms with Crippen molar-refractivity contribution < 1.29 is 27.5 Å². The monoisotopic (exact) mass is 414 g/mol. The zero-order valence-corrected chi connectivity index (χ0v) is 16.9. The van der Waals surface area contributed by atoms with Gasteiger partial charge < -0.3 is 13.8 Å². The van der Waals surface area contributed by atoms with Gasteiger partial charge >= 0.3 is 7.60 Å². The third-order valence-electron chi connectivity index (χ3n) is 4.25. The molecule has 0 fully saturated rings. The van der Waals surface area contributed by atoms with Crippen molar-refractivity contribution in [2.45, 2.75) is 6.16 Å². The Kier molecular flexibility index (Phi) is 6.60. The van der Waals surface area contributed by atoms with Crippen LogP contribution in [0.3, 0.4) is 0 Å². The van der Waals surface area contributed by atoms with Crippen LogP contribution < -0.4 is 4.74 Å². The van der Waals surface area contributed by atoms with E-state index in [2.05, 4.69) is 0 Å². The Morgan fingerprint density at radius 2 is 1.45 bits per heavy atom. The molecule has 5 nitrogen and oxygen atoms in total. The largest absolute Gasteiger partial charge is 0.457 e. The highest BCUT2D eigenvalue weighted by molar-refractivity contribution is 7.52. The summed E-state index contributed by atoms with van der Waals surface area (Å²) in [5.41, 5.74) is 1.51. The molecule has 0 aliphatic carbocycles. The maximum Gasteiger partial charge on any atom is 0.334 e. The van der Waals surface area contributed by atoms with Crippen LogP contribution >= 0.6 is 7.60 Å². The molecule has 0 aromatic heterocycles. The lowest BCUT2D eigenvalue weighted by Gasteiger charge is -2.14. The van der Waals surface area contributed by atoms with Gasteiger partial charge in [-0.25, -0.2) is 4.39 Å². The van der Waals surface area contributed by atoms with E-state index in [1.165, 1.54) is 26.4 Å². The molecule has 0 unspecified atom stereocenters. The zero-order chi connectivity index (χ0) is 20.9. The fourth-order valence-electron chi connectivity index (χ4n) is 2.77. The molecule has 0 N–H and O–H groups in total. The summed E-state index contributed by atoms with van der Waals surface area (Å²) in [4.78, 5) is 12.9. The van der Waals surface area contributed by atoms with E-state index in [-0.39, 0.29) is 11.9 Å². The molecule has 29 heavy (non-hydrogen) atoms. The molecule has 7 heteroatoms. The number of ketones is 1. The Balaban J connectivity index is 1.82. The van der Waals surface area contributed by atoms with E-state index in [9.17, 15) is 13.8 Å². The van der Waals surface area contributed by atoms with Gasteiger partial charge in [-0.3, -0.25) is 9.36 Å². The quantitative estimate of drug-likeness (QED) is 0.343. The predicted octanol–water partition coefficient (Wildman–Crippen LogP) is 5.83. The van der Waals surface area contributed by atoms with Crippen LogP contribution in [0.2, 0.25) is 0 Å². The van der Waals surface area contributed by atoms with E-state index in [1.807, 2.05) is 0 Å². The van der Waals surface area contributed by atoms with Gasteiger partial charge in [-0.2, -0.15) is 0 Å². The van der Waals surface area contributed by atoms with Crippen LogP contribution in [0.5, 0.6) is 11.5 Å². The molecule has 3 aromatic rings. The van der Waals surface area contributed by atoms with Crippen LogP contribution in [-0.2, 0) is 19.8 Å². The molecule has 3 aromatic carbocycles. The second-order valence-corrected chi connectivity index (χ2v) is 8.52. The Bertz CT molecular complexity index is 1060. The minimum absolute atomic E-state index is 0.0594. The summed E-state index contributed by atoms with van der Waals surface area (Å²) in [5.74, 6) is 0.129. The van der Waals surface area contributed by atoms with Gasteiger partial charge in [0.1, 0.15) is 17.3 Å². The van der Waals surface area contributed by atoms with Crippen LogP contribution in [0, 0.1) is 5.82 Å². The molecular formula is C22H20FO5P. The second kappa shape index (κ2) is 9.14. The molecule has 0 amide bonds. The molecular weight excluding hydrogens is 394 g/mol. The summed E-state index contributed by atoms with van der Waals surface area (Å²) >= 11 is 0. The fourth-order valence-corrected chi connectivity index (χ4v) is 3.82. The van der Waals surface area contributed by atoms with Gasteiger partial charge in [0.05, 0.1) is 6.16 Å². The van der Waals surface area contributed by atoms with Crippen molar-refractivity contribution >= 4 is 13.4 Å². The molecule has 150 valence electrons. The van der Waals surface area contributed by atoms with Crippen molar-refractivity contribution in [1.82, 2.24) is 0 Å². The number of hydrogen-bond donors (Lipinski definition) is 0. The molecule has 0 saturated carbocycles. The highest BCUT2D eigenvalue weighted by Gasteiger charge is 2.22. The summed E-state index contributed by atoms with van der Waals surface area (Å²) in [6.45, 7) is 0. The van der Waals surface area contributed by atoms with Gasteiger partial charge in [-0.15, -0.1) is 0 Å². The molecule has 0 atom stereocenters. The van der Waals surface area contributed by atoms with Gasteiger partial charge in [0.25, 0.3) is 0 Å². The third-order valence-corrected chi connectivity index (χ3v) is 6.11. The number of halogens is 1. The van der Waals surface area contributed by atoms with Crippen LogP contribution in [0.25, 0.3) is 0 Å². The Labute approximate surface area is 168 Å². The molecule has 0 saturated heterocycles. The first-order valence-electron chi connectivity index (χ1n) is 8.80. The lowest BCUT2D eigenvalue weighted by atomic mass is 10.0. The van der Waals surface area contributed by atoms with Crippen LogP contribution in [0.4, 0.5) is 4.39 Å². The van der Waals surface area contributed by atoms with Crippen molar-refractivity contribution in [1.29, 1.82) is 0 Å². The van der Waals surface area contributed by atoms with Gasteiger partial charge in [0.2, 0.25) is 0 Å². The second-order valence-electron chi connectivity index (χ2n) is 6.25. The SMILES string of the molecule is COP(=O)(Cc1cccc(C(=O)c2cccc(Oc3cccc(F)c3)c2)c1)OC. The summed E-state index contributed by atoms with van der Waals surface area (Å²) < 4.78 is 41.2. The number of rotatable bonds is 8. The fraction of sp³-hybridized carbons (Fsp3) is 0.136. The van der Waals surface area contributed by atoms with Crippen molar-refractivity contribution in [2.75, 3.05) is 14.2 Å². The van der Waals surface area contributed by atoms with Gasteiger partial charge in [0, 0.05) is 31.4 Å². The third kappa shape index (κ3) is 5.39. The molecule has 0 spiro atoms. The van der Waals surface area contributed by atoms with Crippen molar-refractivity contribution in [3.63, 3.8) is 0 Å². The van der Waals surface area contributed by atoms with E-state index in [4.69, 9.17) is 13.8 Å². The predicted molar refractivity (Wildman–Crippen MR) is 108 cm³/mol. The Morgan fingerprint density at radius 1 is 0.862 bits per heavy atom. The van der Waals surface area contributed by atoms with E-state index >= 15 is 0 Å². The van der Waals surface area contributed by atoms with E-state index < -0.39 is 13.4 Å². The Morgan fingerprint density at radius 3 is 2.10 bits per heavy atom. The maximum absolute atomic E-state index is 13.3. The minimum Gasteiger partial charge on any atom is -0.457 e. The first-order valence-corrected chi connectivity index (χ1v) is 10.5. The lowest BCUT2D eigenvalue weighted by Crippen LogP contribution is -2.03. The van der Waals surface area contributed by atoms with Gasteiger partial charge in [0.15, 0.2) is 5.78 Å². The summed E-state index contributed by atoms with van der Waals surface area (Å²) in [6.07, 6.45) is 0.0594. The average molecular weight is 414 g/mol. The average Bonchev–Trinajstić information content (AvgIpc) is 2.73. The minimum atomic E-state index is -3.24. The highest BCUT2D eigenvalue weighted by atomic mass is 31.2. The molecule has 0 aliphatic rings. The summed E-state index contributed by atoms with van der Waals surface area (Å²) in [6, 6.07) is 19.2. The zero-order valence-electron chi connectivity index (χ0n) is 16.0. The van der Waals surface area contributed by atoms with Crippen molar-refractivity contribution in [3.05, 3.63) is 95.3 Å². The lowest BCUT2D eigenvalue weighted by molar-refractivity contribution is 0.103. The maximum atomic E-state index is 13.3. The number of ether oxygens (including phenoxy) is 1. The number of carbonyl (C=O) groups is 1. The molecule has 0 radical (unpaired) electrons. The number of hydrogen-bond acceptors (Lipinski definition) is 5. The van der Waals surface area contributed by atoms with Crippen LogP contribution in [0.1, 0.15) is 21.5 Å². The van der Waals surface area contributed by atoms with E-state index in [0.717, 1.165) is 0 Å². The standard InChI is InChI=1S/C22H20FO5P/c1-26-29(25,27-2)15-16-6-3-7-17(12-16)22(24)18-8-4-10-20(13-18)28-21-11-5-9-19(23)14-21/h3-14H,15H2,1-2H3. The molecule has 0 bridgehead atoms. The van der Waals surface area contributed by atoms with E-state index in [0.29, 0.717) is 28.2 Å². The first kappa shape index (κ1) is 20.9. The normalized spacial score (nSPS) is 11.3. The first-order chi connectivity index (χ1) is 13.9. The number of benzene rings is 3. The van der Waals surface area contributed by atoms with Gasteiger partial charge in [-0.1, -0.05) is 36.4 Å². The van der Waals surface area contributed by atoms with Crippen molar-refractivity contribution in [3.8, 4) is 11.5 Å². The molecule has 3 rings (SSSR count). The molecule has 0 heterocycles. The van der Waals surface area contributed by atoms with Crippen molar-refractivity contribution in [2.24, 2.45) is 0 Å². The van der Waals surface area contributed by atoms with Crippen LogP contribution in [-0.4, -0.2) is 20.0 Å². The van der Waals surface area contributed by atoms with Crippen LogP contribution in [0.15, 0.2) is 72.8 Å². The molecule has 0 aliphatic heterocycles. The summed E-state index contributed by atoms with van der Waals surface area (Å²) in [7, 11) is -0.592. The smallest absolute Gasteiger partial charge is 0.334 e. The number of carbonyl (C=O) groups excluding carboxylic acids is 1. The highest BCUT2D eigenvalue weighted by Crippen LogP contribution is 2.49.